The summed E-state index contributed by atoms with van der Waals surface area (Å²) in [6, 6.07) is 4.27. The molecule has 5 heteroatoms. The lowest BCUT2D eigenvalue weighted by atomic mass is 9.99. The molecule has 1 aromatic heterocycles. The van der Waals surface area contributed by atoms with Gasteiger partial charge in [0.2, 0.25) is 0 Å². The maximum Gasteiger partial charge on any atom is 0.110 e. The van der Waals surface area contributed by atoms with Gasteiger partial charge in [-0.3, -0.25) is 0 Å². The van der Waals surface area contributed by atoms with E-state index >= 15 is 0 Å². The Morgan fingerprint density at radius 2 is 2.28 bits per heavy atom. The van der Waals surface area contributed by atoms with Gasteiger partial charge in [0.25, 0.3) is 0 Å². The molecule has 0 saturated carbocycles. The first-order valence-corrected chi connectivity index (χ1v) is 7.86. The maximum absolute atomic E-state index is 9.49. The predicted octanol–water partition coefficient (Wildman–Crippen LogP) is 3.08. The molecule has 0 radical (unpaired) electrons. The number of aromatic nitrogens is 1. The smallest absolute Gasteiger partial charge is 0.110 e. The van der Waals surface area contributed by atoms with Crippen molar-refractivity contribution in [2.45, 2.75) is 43.8 Å². The van der Waals surface area contributed by atoms with Crippen molar-refractivity contribution in [2.24, 2.45) is 0 Å². The van der Waals surface area contributed by atoms with Gasteiger partial charge in [0.1, 0.15) is 5.03 Å². The molecule has 1 aromatic rings. The Hall–Kier alpha value is -0.100. The summed E-state index contributed by atoms with van der Waals surface area (Å²) in [6.45, 7) is 6.39. The van der Waals surface area contributed by atoms with E-state index in [1.807, 2.05) is 12.1 Å². The van der Waals surface area contributed by atoms with Gasteiger partial charge in [0.15, 0.2) is 0 Å². The van der Waals surface area contributed by atoms with Crippen LogP contribution < -0.4 is 5.32 Å². The molecule has 0 spiro atoms. The second-order valence-corrected chi connectivity index (χ2v) is 6.84. The van der Waals surface area contributed by atoms with E-state index in [1.54, 1.807) is 18.0 Å². The normalized spacial score (nSPS) is 14.8. The fraction of sp³-hybridized carbons (Fsp3) is 0.615. The predicted molar refractivity (Wildman–Crippen MR) is 81.0 cm³/mol. The van der Waals surface area contributed by atoms with Crippen LogP contribution >= 0.6 is 27.7 Å². The summed E-state index contributed by atoms with van der Waals surface area (Å²) in [7, 11) is 0. The number of aliphatic hydroxyl groups excluding tert-OH is 1. The SMILES string of the molecule is CC(C)NC(C)(CO)CCSc1ncccc1Br. The van der Waals surface area contributed by atoms with E-state index in [9.17, 15) is 5.11 Å². The zero-order valence-corrected chi connectivity index (χ0v) is 13.5. The van der Waals surface area contributed by atoms with Gasteiger partial charge >= 0.3 is 0 Å². The van der Waals surface area contributed by atoms with Crippen molar-refractivity contribution in [1.29, 1.82) is 0 Å². The summed E-state index contributed by atoms with van der Waals surface area (Å²) in [6.07, 6.45) is 2.69. The van der Waals surface area contributed by atoms with E-state index in [0.717, 1.165) is 21.7 Å². The molecule has 3 nitrogen and oxygen atoms in total. The molecule has 102 valence electrons. The lowest BCUT2D eigenvalue weighted by molar-refractivity contribution is 0.162. The highest BCUT2D eigenvalue weighted by Crippen LogP contribution is 2.26. The average molecular weight is 333 g/mol. The lowest BCUT2D eigenvalue weighted by Crippen LogP contribution is -2.49. The van der Waals surface area contributed by atoms with E-state index in [-0.39, 0.29) is 12.1 Å². The summed E-state index contributed by atoms with van der Waals surface area (Å²) in [5.41, 5.74) is -0.220. The number of hydrogen-bond donors (Lipinski definition) is 2. The molecule has 0 amide bonds. The minimum absolute atomic E-state index is 0.148. The Balaban J connectivity index is 2.47. The fourth-order valence-corrected chi connectivity index (χ4v) is 3.43. The van der Waals surface area contributed by atoms with Crippen molar-refractivity contribution < 1.29 is 5.11 Å². The number of nitrogens with one attached hydrogen (secondary N) is 1. The van der Waals surface area contributed by atoms with Crippen LogP contribution in [0, 0.1) is 0 Å². The van der Waals surface area contributed by atoms with E-state index in [1.165, 1.54) is 0 Å². The van der Waals surface area contributed by atoms with Crippen LogP contribution in [-0.4, -0.2) is 34.0 Å². The Bertz CT molecular complexity index is 376. The zero-order chi connectivity index (χ0) is 13.6. The van der Waals surface area contributed by atoms with Crippen molar-refractivity contribution in [3.63, 3.8) is 0 Å². The van der Waals surface area contributed by atoms with Crippen LogP contribution in [-0.2, 0) is 0 Å². The monoisotopic (exact) mass is 332 g/mol. The Morgan fingerprint density at radius 3 is 2.83 bits per heavy atom. The highest BCUT2D eigenvalue weighted by Gasteiger charge is 2.23. The van der Waals surface area contributed by atoms with Gasteiger partial charge in [0.05, 0.1) is 6.61 Å². The van der Waals surface area contributed by atoms with Crippen LogP contribution in [0.3, 0.4) is 0 Å². The van der Waals surface area contributed by atoms with Gasteiger partial charge in [-0.25, -0.2) is 4.98 Å². The van der Waals surface area contributed by atoms with Gasteiger partial charge in [-0.1, -0.05) is 13.8 Å². The Kier molecular flexibility index (Phi) is 6.63. The molecule has 0 aliphatic carbocycles. The Labute approximate surface area is 122 Å². The molecule has 1 unspecified atom stereocenters. The number of aliphatic hydroxyl groups is 1. The van der Waals surface area contributed by atoms with Gasteiger partial charge in [0, 0.05) is 28.0 Å². The molecule has 2 N–H and O–H groups in total. The summed E-state index contributed by atoms with van der Waals surface area (Å²) >= 11 is 5.19. The number of thioether (sulfide) groups is 1. The molecular formula is C13H21BrN2OS. The van der Waals surface area contributed by atoms with E-state index in [0.29, 0.717) is 6.04 Å². The average Bonchev–Trinajstić information content (AvgIpc) is 2.31. The molecule has 0 bridgehead atoms. The Morgan fingerprint density at radius 1 is 1.56 bits per heavy atom. The van der Waals surface area contributed by atoms with Crippen LogP contribution in [0.4, 0.5) is 0 Å². The molecule has 1 atom stereocenters. The third-order valence-corrected chi connectivity index (χ3v) is 4.51. The van der Waals surface area contributed by atoms with Crippen LogP contribution in [0.2, 0.25) is 0 Å². The van der Waals surface area contributed by atoms with Gasteiger partial charge in [-0.2, -0.15) is 0 Å². The van der Waals surface area contributed by atoms with Crippen molar-refractivity contribution in [1.82, 2.24) is 10.3 Å². The number of pyridine rings is 1. The van der Waals surface area contributed by atoms with Crippen LogP contribution in [0.1, 0.15) is 27.2 Å². The second-order valence-electron chi connectivity index (χ2n) is 4.91. The van der Waals surface area contributed by atoms with Gasteiger partial charge in [-0.05, 0) is 41.4 Å². The highest BCUT2D eigenvalue weighted by atomic mass is 79.9. The van der Waals surface area contributed by atoms with Crippen molar-refractivity contribution in [3.8, 4) is 0 Å². The van der Waals surface area contributed by atoms with Gasteiger partial charge < -0.3 is 10.4 Å². The fourth-order valence-electron chi connectivity index (χ4n) is 1.74. The molecule has 1 rings (SSSR count). The molecule has 0 saturated heterocycles. The standard InChI is InChI=1S/C13H21BrN2OS/c1-10(2)16-13(3,9-17)6-8-18-12-11(14)5-4-7-15-12/h4-5,7,10,16-17H,6,8-9H2,1-3H3. The van der Waals surface area contributed by atoms with E-state index < -0.39 is 0 Å². The quantitative estimate of drug-likeness (QED) is 0.753. The molecule has 1 heterocycles. The molecule has 0 fully saturated rings. The zero-order valence-electron chi connectivity index (χ0n) is 11.1. The largest absolute Gasteiger partial charge is 0.394 e. The molecular weight excluding hydrogens is 312 g/mol. The summed E-state index contributed by atoms with van der Waals surface area (Å²) in [5.74, 6) is 0.923. The first-order chi connectivity index (χ1) is 8.47. The summed E-state index contributed by atoms with van der Waals surface area (Å²) < 4.78 is 1.03. The third-order valence-electron chi connectivity index (χ3n) is 2.60. The van der Waals surface area contributed by atoms with Crippen LogP contribution in [0.5, 0.6) is 0 Å². The third kappa shape index (κ3) is 5.26. The lowest BCUT2D eigenvalue weighted by Gasteiger charge is -2.31. The molecule has 0 aliphatic rings. The molecule has 0 aliphatic heterocycles. The van der Waals surface area contributed by atoms with Crippen LogP contribution in [0.25, 0.3) is 0 Å². The maximum atomic E-state index is 9.49. The number of hydrogen-bond acceptors (Lipinski definition) is 4. The van der Waals surface area contributed by atoms with Crippen LogP contribution in [0.15, 0.2) is 27.8 Å². The van der Waals surface area contributed by atoms with Crippen molar-refractivity contribution in [2.75, 3.05) is 12.4 Å². The minimum atomic E-state index is -0.220. The number of rotatable bonds is 7. The minimum Gasteiger partial charge on any atom is -0.394 e. The second kappa shape index (κ2) is 7.48. The molecule has 18 heavy (non-hydrogen) atoms. The van der Waals surface area contributed by atoms with Gasteiger partial charge in [-0.15, -0.1) is 11.8 Å². The van der Waals surface area contributed by atoms with E-state index in [2.05, 4.69) is 47.0 Å². The number of nitrogens with zero attached hydrogens (tertiary/aromatic N) is 1. The van der Waals surface area contributed by atoms with Crippen molar-refractivity contribution >= 4 is 27.7 Å². The first kappa shape index (κ1) is 16.0. The molecule has 0 aromatic carbocycles. The summed E-state index contributed by atoms with van der Waals surface area (Å²) in [4.78, 5) is 4.32. The first-order valence-electron chi connectivity index (χ1n) is 6.09. The highest BCUT2D eigenvalue weighted by molar-refractivity contribution is 9.10. The topological polar surface area (TPSA) is 45.1 Å². The number of halogens is 1. The van der Waals surface area contributed by atoms with Crippen molar-refractivity contribution in [3.05, 3.63) is 22.8 Å². The van der Waals surface area contributed by atoms with E-state index in [4.69, 9.17) is 0 Å². The summed E-state index contributed by atoms with van der Waals surface area (Å²) in [5, 5.41) is 13.9.